The van der Waals surface area contributed by atoms with E-state index in [9.17, 15) is 8.42 Å². The summed E-state index contributed by atoms with van der Waals surface area (Å²) in [6, 6.07) is 7.12. The molecule has 6 heteroatoms. The van der Waals surface area contributed by atoms with Crippen molar-refractivity contribution in [3.05, 3.63) is 24.3 Å². The standard InChI is InChI=1S/C16H24N2O3S/c17-13-1-3-15(4-2-13)22(19,20)16-5-9-18(10-6-16)14-7-11-21-12-8-14/h1-4,14,16H,5-12,17H2. The molecule has 22 heavy (non-hydrogen) atoms. The maximum Gasteiger partial charge on any atom is 0.181 e. The first-order chi connectivity index (χ1) is 10.6. The Morgan fingerprint density at radius 1 is 1.00 bits per heavy atom. The summed E-state index contributed by atoms with van der Waals surface area (Å²) < 4.78 is 30.8. The number of hydrogen-bond acceptors (Lipinski definition) is 5. The minimum Gasteiger partial charge on any atom is -0.399 e. The maximum absolute atomic E-state index is 12.7. The second-order valence-corrected chi connectivity index (χ2v) is 8.42. The number of anilines is 1. The van der Waals surface area contributed by atoms with Crippen molar-refractivity contribution in [1.82, 2.24) is 4.90 Å². The highest BCUT2D eigenvalue weighted by atomic mass is 32.2. The summed E-state index contributed by atoms with van der Waals surface area (Å²) in [6.07, 6.45) is 3.55. The summed E-state index contributed by atoms with van der Waals surface area (Å²) in [7, 11) is -3.24. The summed E-state index contributed by atoms with van der Waals surface area (Å²) in [5.41, 5.74) is 6.23. The van der Waals surface area contributed by atoms with Crippen molar-refractivity contribution < 1.29 is 13.2 Å². The predicted molar refractivity (Wildman–Crippen MR) is 86.5 cm³/mol. The van der Waals surface area contributed by atoms with Gasteiger partial charge in [0.15, 0.2) is 9.84 Å². The van der Waals surface area contributed by atoms with Crippen LogP contribution < -0.4 is 5.73 Å². The Morgan fingerprint density at radius 3 is 2.18 bits per heavy atom. The smallest absolute Gasteiger partial charge is 0.181 e. The first kappa shape index (κ1) is 15.8. The molecule has 2 aliphatic rings. The lowest BCUT2D eigenvalue weighted by molar-refractivity contribution is 0.0277. The highest BCUT2D eigenvalue weighted by Gasteiger charge is 2.33. The van der Waals surface area contributed by atoms with Gasteiger partial charge in [-0.25, -0.2) is 8.42 Å². The van der Waals surface area contributed by atoms with Crippen LogP contribution in [0.1, 0.15) is 25.7 Å². The summed E-state index contributed by atoms with van der Waals surface area (Å²) >= 11 is 0. The van der Waals surface area contributed by atoms with Gasteiger partial charge < -0.3 is 15.4 Å². The molecule has 0 amide bonds. The number of benzene rings is 1. The Bertz CT molecular complexity index is 586. The van der Waals surface area contributed by atoms with Crippen molar-refractivity contribution >= 4 is 15.5 Å². The molecular formula is C16H24N2O3S. The van der Waals surface area contributed by atoms with Gasteiger partial charge >= 0.3 is 0 Å². The van der Waals surface area contributed by atoms with E-state index in [0.717, 1.165) is 39.1 Å². The molecule has 1 aromatic rings. The van der Waals surface area contributed by atoms with E-state index in [4.69, 9.17) is 10.5 Å². The highest BCUT2D eigenvalue weighted by Crippen LogP contribution is 2.27. The van der Waals surface area contributed by atoms with Gasteiger partial charge in [0.05, 0.1) is 10.1 Å². The number of nitrogen functional groups attached to an aromatic ring is 1. The largest absolute Gasteiger partial charge is 0.399 e. The molecule has 2 saturated heterocycles. The quantitative estimate of drug-likeness (QED) is 0.857. The highest BCUT2D eigenvalue weighted by molar-refractivity contribution is 7.92. The van der Waals surface area contributed by atoms with Crippen molar-refractivity contribution in [1.29, 1.82) is 0 Å². The number of piperidine rings is 1. The fourth-order valence-electron chi connectivity index (χ4n) is 3.45. The number of nitrogens with two attached hydrogens (primary N) is 1. The van der Waals surface area contributed by atoms with Crippen LogP contribution >= 0.6 is 0 Å². The molecule has 0 radical (unpaired) electrons. The van der Waals surface area contributed by atoms with Gasteiger partial charge in [-0.05, 0) is 63.0 Å². The second-order valence-electron chi connectivity index (χ2n) is 6.19. The first-order valence-electron chi connectivity index (χ1n) is 7.98. The summed E-state index contributed by atoms with van der Waals surface area (Å²) in [5, 5.41) is -0.271. The Hall–Kier alpha value is -1.11. The van der Waals surface area contributed by atoms with E-state index in [1.807, 2.05) is 0 Å². The van der Waals surface area contributed by atoms with Crippen LogP contribution in [-0.2, 0) is 14.6 Å². The van der Waals surface area contributed by atoms with Gasteiger partial charge in [0, 0.05) is 24.9 Å². The van der Waals surface area contributed by atoms with Crippen molar-refractivity contribution in [3.63, 3.8) is 0 Å². The van der Waals surface area contributed by atoms with E-state index in [1.165, 1.54) is 0 Å². The molecule has 2 aliphatic heterocycles. The molecule has 122 valence electrons. The van der Waals surface area contributed by atoms with Gasteiger partial charge in [-0.3, -0.25) is 0 Å². The molecule has 0 aliphatic carbocycles. The minimum absolute atomic E-state index is 0.271. The third-order valence-corrected chi connectivity index (χ3v) is 7.11. The zero-order chi connectivity index (χ0) is 15.6. The Morgan fingerprint density at radius 2 is 1.59 bits per heavy atom. The van der Waals surface area contributed by atoms with Crippen molar-refractivity contribution in [2.24, 2.45) is 0 Å². The molecule has 3 rings (SSSR count). The summed E-state index contributed by atoms with van der Waals surface area (Å²) in [5.74, 6) is 0. The fourth-order valence-corrected chi connectivity index (χ4v) is 5.18. The Balaban J connectivity index is 1.63. The van der Waals surface area contributed by atoms with Crippen LogP contribution in [-0.4, -0.2) is 50.9 Å². The summed E-state index contributed by atoms with van der Waals surface area (Å²) in [6.45, 7) is 3.38. The second kappa shape index (κ2) is 6.56. The van der Waals surface area contributed by atoms with Crippen LogP contribution in [0.4, 0.5) is 5.69 Å². The maximum atomic E-state index is 12.7. The number of likely N-dealkylation sites (tertiary alicyclic amines) is 1. The lowest BCUT2D eigenvalue weighted by Crippen LogP contribution is -2.46. The van der Waals surface area contributed by atoms with E-state index in [1.54, 1.807) is 24.3 Å². The molecule has 0 saturated carbocycles. The van der Waals surface area contributed by atoms with Crippen molar-refractivity contribution in [3.8, 4) is 0 Å². The molecule has 0 unspecified atom stereocenters. The number of sulfone groups is 1. The van der Waals surface area contributed by atoms with Gasteiger partial charge in [0.25, 0.3) is 0 Å². The van der Waals surface area contributed by atoms with Crippen LogP contribution in [0.5, 0.6) is 0 Å². The molecule has 2 heterocycles. The minimum atomic E-state index is -3.24. The number of ether oxygens (including phenoxy) is 1. The number of hydrogen-bond donors (Lipinski definition) is 1. The Labute approximate surface area is 132 Å². The van der Waals surface area contributed by atoms with Gasteiger partial charge in [0.2, 0.25) is 0 Å². The average molecular weight is 324 g/mol. The van der Waals surface area contributed by atoms with Crippen LogP contribution in [0.25, 0.3) is 0 Å². The van der Waals surface area contributed by atoms with Crippen LogP contribution in [0, 0.1) is 0 Å². The van der Waals surface area contributed by atoms with E-state index < -0.39 is 9.84 Å². The SMILES string of the molecule is Nc1ccc(S(=O)(=O)C2CCN(C3CCOCC3)CC2)cc1. The molecule has 5 nitrogen and oxygen atoms in total. The lowest BCUT2D eigenvalue weighted by atomic mass is 10.0. The van der Waals surface area contributed by atoms with Crippen LogP contribution in [0.3, 0.4) is 0 Å². The Kier molecular flexibility index (Phi) is 4.70. The topological polar surface area (TPSA) is 72.6 Å². The van der Waals surface area contributed by atoms with E-state index in [0.29, 0.717) is 29.5 Å². The molecule has 1 aromatic carbocycles. The van der Waals surface area contributed by atoms with Gasteiger partial charge in [-0.15, -0.1) is 0 Å². The van der Waals surface area contributed by atoms with Crippen LogP contribution in [0.15, 0.2) is 29.2 Å². The molecular weight excluding hydrogens is 300 g/mol. The zero-order valence-corrected chi connectivity index (χ0v) is 13.6. The summed E-state index contributed by atoms with van der Waals surface area (Å²) in [4.78, 5) is 2.84. The first-order valence-corrected chi connectivity index (χ1v) is 9.53. The van der Waals surface area contributed by atoms with Gasteiger partial charge in [-0.1, -0.05) is 0 Å². The van der Waals surface area contributed by atoms with E-state index >= 15 is 0 Å². The molecule has 0 spiro atoms. The molecule has 0 aromatic heterocycles. The molecule has 2 N–H and O–H groups in total. The monoisotopic (exact) mass is 324 g/mol. The van der Waals surface area contributed by atoms with Gasteiger partial charge in [-0.2, -0.15) is 0 Å². The van der Waals surface area contributed by atoms with Crippen LogP contribution in [0.2, 0.25) is 0 Å². The molecule has 2 fully saturated rings. The lowest BCUT2D eigenvalue weighted by Gasteiger charge is -2.39. The number of nitrogens with zero attached hydrogens (tertiary/aromatic N) is 1. The fraction of sp³-hybridized carbons (Fsp3) is 0.625. The van der Waals surface area contributed by atoms with Crippen molar-refractivity contribution in [2.75, 3.05) is 32.0 Å². The number of rotatable bonds is 3. The van der Waals surface area contributed by atoms with Gasteiger partial charge in [0.1, 0.15) is 0 Å². The zero-order valence-electron chi connectivity index (χ0n) is 12.8. The van der Waals surface area contributed by atoms with E-state index in [2.05, 4.69) is 4.90 Å². The van der Waals surface area contributed by atoms with E-state index in [-0.39, 0.29) is 5.25 Å². The average Bonchev–Trinajstić information content (AvgIpc) is 2.56. The third kappa shape index (κ3) is 3.29. The molecule has 0 atom stereocenters. The van der Waals surface area contributed by atoms with Crippen molar-refractivity contribution in [2.45, 2.75) is 41.9 Å². The predicted octanol–water partition coefficient (Wildman–Crippen LogP) is 1.69. The molecule has 0 bridgehead atoms. The normalized spacial score (nSPS) is 22.7. The third-order valence-electron chi connectivity index (χ3n) is 4.83.